The molecule has 3 heteroatoms. The predicted molar refractivity (Wildman–Crippen MR) is 105 cm³/mol. The van der Waals surface area contributed by atoms with Gasteiger partial charge in [0.05, 0.1) is 0 Å². The fourth-order valence-electron chi connectivity index (χ4n) is 2.43. The van der Waals surface area contributed by atoms with Gasteiger partial charge < -0.3 is 5.32 Å². The molecule has 2 nitrogen and oxygen atoms in total. The predicted octanol–water partition coefficient (Wildman–Crippen LogP) is 5.22. The van der Waals surface area contributed by atoms with Crippen molar-refractivity contribution in [3.05, 3.63) is 101 Å². The van der Waals surface area contributed by atoms with Gasteiger partial charge in [-0.2, -0.15) is 0 Å². The molecular formula is C22H21NOS. The molecule has 25 heavy (non-hydrogen) atoms. The molecule has 0 fully saturated rings. The molecular weight excluding hydrogens is 326 g/mol. The molecule has 3 aromatic rings. The third kappa shape index (κ3) is 5.23. The second kappa shape index (κ2) is 8.54. The second-order valence-corrected chi connectivity index (χ2v) is 7.02. The van der Waals surface area contributed by atoms with E-state index in [0.717, 1.165) is 11.3 Å². The molecule has 0 bridgehead atoms. The highest BCUT2D eigenvalue weighted by Gasteiger charge is 2.05. The van der Waals surface area contributed by atoms with E-state index in [4.69, 9.17) is 0 Å². The van der Waals surface area contributed by atoms with Crippen molar-refractivity contribution in [2.75, 3.05) is 0 Å². The summed E-state index contributed by atoms with van der Waals surface area (Å²) in [4.78, 5) is 13.5. The number of hydrogen-bond donors (Lipinski definition) is 1. The van der Waals surface area contributed by atoms with E-state index in [-0.39, 0.29) is 5.91 Å². The largest absolute Gasteiger partial charge is 0.348 e. The first-order valence-corrected chi connectivity index (χ1v) is 9.30. The van der Waals surface area contributed by atoms with Crippen LogP contribution >= 0.6 is 11.8 Å². The van der Waals surface area contributed by atoms with Crippen molar-refractivity contribution in [3.8, 4) is 0 Å². The number of thioether (sulfide) groups is 1. The van der Waals surface area contributed by atoms with Crippen LogP contribution in [0.2, 0.25) is 0 Å². The van der Waals surface area contributed by atoms with Crippen LogP contribution in [-0.2, 0) is 12.3 Å². The van der Waals surface area contributed by atoms with Crippen molar-refractivity contribution >= 4 is 17.7 Å². The molecule has 0 radical (unpaired) electrons. The van der Waals surface area contributed by atoms with Crippen LogP contribution in [0, 0.1) is 6.92 Å². The van der Waals surface area contributed by atoms with Gasteiger partial charge in [0.15, 0.2) is 0 Å². The van der Waals surface area contributed by atoms with Gasteiger partial charge in [0.1, 0.15) is 0 Å². The van der Waals surface area contributed by atoms with Crippen LogP contribution in [0.5, 0.6) is 0 Å². The molecule has 0 aliphatic carbocycles. The first kappa shape index (κ1) is 17.3. The van der Waals surface area contributed by atoms with Crippen molar-refractivity contribution in [2.24, 2.45) is 0 Å². The average molecular weight is 347 g/mol. The molecule has 0 spiro atoms. The molecule has 0 saturated carbocycles. The minimum Gasteiger partial charge on any atom is -0.348 e. The lowest BCUT2D eigenvalue weighted by Gasteiger charge is -2.07. The Kier molecular flexibility index (Phi) is 5.91. The quantitative estimate of drug-likeness (QED) is 0.620. The SMILES string of the molecule is Cc1ccc(SCc2ccc(C(=O)NCc3ccccc3)cc2)cc1. The molecule has 0 aliphatic heterocycles. The molecule has 0 aromatic heterocycles. The van der Waals surface area contributed by atoms with Crippen molar-refractivity contribution in [1.29, 1.82) is 0 Å². The van der Waals surface area contributed by atoms with Crippen LogP contribution in [-0.4, -0.2) is 5.91 Å². The lowest BCUT2D eigenvalue weighted by molar-refractivity contribution is 0.0951. The Morgan fingerprint density at radius 3 is 2.20 bits per heavy atom. The highest BCUT2D eigenvalue weighted by molar-refractivity contribution is 7.98. The van der Waals surface area contributed by atoms with Gasteiger partial charge in [-0.3, -0.25) is 4.79 Å². The summed E-state index contributed by atoms with van der Waals surface area (Å²) in [6, 6.07) is 26.3. The number of carbonyl (C=O) groups is 1. The van der Waals surface area contributed by atoms with Crippen molar-refractivity contribution in [2.45, 2.75) is 24.1 Å². The van der Waals surface area contributed by atoms with E-state index < -0.39 is 0 Å². The third-order valence-electron chi connectivity index (χ3n) is 3.94. The van der Waals surface area contributed by atoms with Gasteiger partial charge >= 0.3 is 0 Å². The summed E-state index contributed by atoms with van der Waals surface area (Å²) in [5.74, 6) is 0.858. The maximum atomic E-state index is 12.2. The van der Waals surface area contributed by atoms with E-state index in [1.807, 2.05) is 54.6 Å². The van der Waals surface area contributed by atoms with Gasteiger partial charge in [0.2, 0.25) is 0 Å². The maximum absolute atomic E-state index is 12.2. The summed E-state index contributed by atoms with van der Waals surface area (Å²) in [6.45, 7) is 2.64. The van der Waals surface area contributed by atoms with Gasteiger partial charge in [-0.15, -0.1) is 11.8 Å². The van der Waals surface area contributed by atoms with E-state index >= 15 is 0 Å². The molecule has 0 unspecified atom stereocenters. The molecule has 1 amide bonds. The van der Waals surface area contributed by atoms with Gasteiger partial charge in [0.25, 0.3) is 5.91 Å². The number of hydrogen-bond acceptors (Lipinski definition) is 2. The highest BCUT2D eigenvalue weighted by atomic mass is 32.2. The number of aryl methyl sites for hydroxylation is 1. The zero-order valence-corrected chi connectivity index (χ0v) is 15.1. The molecule has 0 atom stereocenters. The molecule has 0 saturated heterocycles. The van der Waals surface area contributed by atoms with Crippen LogP contribution in [0.25, 0.3) is 0 Å². The number of rotatable bonds is 6. The third-order valence-corrected chi connectivity index (χ3v) is 5.02. The maximum Gasteiger partial charge on any atom is 0.251 e. The summed E-state index contributed by atoms with van der Waals surface area (Å²) >= 11 is 1.80. The van der Waals surface area contributed by atoms with E-state index in [2.05, 4.69) is 36.5 Å². The summed E-state index contributed by atoms with van der Waals surface area (Å²) in [5, 5.41) is 2.95. The Hall–Kier alpha value is -2.52. The van der Waals surface area contributed by atoms with Gasteiger partial charge in [-0.05, 0) is 42.3 Å². The first-order chi connectivity index (χ1) is 12.2. The Morgan fingerprint density at radius 2 is 1.52 bits per heavy atom. The minimum absolute atomic E-state index is 0.0402. The zero-order valence-electron chi connectivity index (χ0n) is 14.2. The topological polar surface area (TPSA) is 29.1 Å². The molecule has 126 valence electrons. The fraction of sp³-hybridized carbons (Fsp3) is 0.136. The van der Waals surface area contributed by atoms with E-state index in [9.17, 15) is 4.79 Å². The Bertz CT molecular complexity index is 811. The Labute approximate surface area is 153 Å². The number of amides is 1. The fourth-order valence-corrected chi connectivity index (χ4v) is 3.29. The van der Waals surface area contributed by atoms with Crippen LogP contribution in [0.3, 0.4) is 0 Å². The van der Waals surface area contributed by atoms with Crippen LogP contribution in [0.15, 0.2) is 83.8 Å². The van der Waals surface area contributed by atoms with E-state index in [1.165, 1.54) is 16.0 Å². The van der Waals surface area contributed by atoms with Crippen molar-refractivity contribution < 1.29 is 4.79 Å². The zero-order chi connectivity index (χ0) is 17.5. The molecule has 1 N–H and O–H groups in total. The van der Waals surface area contributed by atoms with Crippen LogP contribution < -0.4 is 5.32 Å². The normalized spacial score (nSPS) is 10.4. The number of carbonyl (C=O) groups excluding carboxylic acids is 1. The summed E-state index contributed by atoms with van der Waals surface area (Å²) in [5.41, 5.74) is 4.28. The summed E-state index contributed by atoms with van der Waals surface area (Å²) < 4.78 is 0. The summed E-state index contributed by atoms with van der Waals surface area (Å²) in [6.07, 6.45) is 0. The average Bonchev–Trinajstić information content (AvgIpc) is 2.67. The Balaban J connectivity index is 1.52. The molecule has 3 rings (SSSR count). The second-order valence-electron chi connectivity index (χ2n) is 5.97. The van der Waals surface area contributed by atoms with E-state index in [1.54, 1.807) is 11.8 Å². The lowest BCUT2D eigenvalue weighted by Crippen LogP contribution is -2.22. The molecule has 3 aromatic carbocycles. The van der Waals surface area contributed by atoms with Gasteiger partial charge in [0, 0.05) is 22.8 Å². The highest BCUT2D eigenvalue weighted by Crippen LogP contribution is 2.23. The monoisotopic (exact) mass is 347 g/mol. The summed E-state index contributed by atoms with van der Waals surface area (Å²) in [7, 11) is 0. The number of nitrogens with one attached hydrogen (secondary N) is 1. The minimum atomic E-state index is -0.0402. The lowest BCUT2D eigenvalue weighted by atomic mass is 10.1. The van der Waals surface area contributed by atoms with Gasteiger partial charge in [-0.25, -0.2) is 0 Å². The molecule has 0 heterocycles. The Morgan fingerprint density at radius 1 is 0.840 bits per heavy atom. The van der Waals surface area contributed by atoms with Crippen LogP contribution in [0.1, 0.15) is 27.0 Å². The standard InChI is InChI=1S/C22H21NOS/c1-17-7-13-21(14-8-17)25-16-19-9-11-20(12-10-19)22(24)23-15-18-5-3-2-4-6-18/h2-14H,15-16H2,1H3,(H,23,24). The van der Waals surface area contributed by atoms with Crippen molar-refractivity contribution in [1.82, 2.24) is 5.32 Å². The van der Waals surface area contributed by atoms with Crippen LogP contribution in [0.4, 0.5) is 0 Å². The van der Waals surface area contributed by atoms with E-state index in [0.29, 0.717) is 12.1 Å². The first-order valence-electron chi connectivity index (χ1n) is 8.31. The number of benzene rings is 3. The smallest absolute Gasteiger partial charge is 0.251 e. The van der Waals surface area contributed by atoms with Crippen molar-refractivity contribution in [3.63, 3.8) is 0 Å². The molecule has 0 aliphatic rings. The van der Waals surface area contributed by atoms with Gasteiger partial charge in [-0.1, -0.05) is 60.2 Å².